The van der Waals surface area contributed by atoms with E-state index in [1.54, 1.807) is 23.9 Å². The molecule has 0 saturated carbocycles. The predicted molar refractivity (Wildman–Crippen MR) is 125 cm³/mol. The molecule has 0 atom stereocenters. The van der Waals surface area contributed by atoms with Crippen LogP contribution in [0, 0.1) is 0 Å². The minimum atomic E-state index is -0.0453. The fourth-order valence-electron chi connectivity index (χ4n) is 4.07. The number of rotatable bonds is 4. The second-order valence-electron chi connectivity index (χ2n) is 7.78. The van der Waals surface area contributed by atoms with E-state index >= 15 is 0 Å². The van der Waals surface area contributed by atoms with Crippen molar-refractivity contribution >= 4 is 17.5 Å². The molecule has 0 saturated heterocycles. The molecule has 160 valence electrons. The van der Waals surface area contributed by atoms with Gasteiger partial charge in [0.15, 0.2) is 0 Å². The average Bonchev–Trinajstić information content (AvgIpc) is 3.29. The van der Waals surface area contributed by atoms with E-state index in [1.807, 2.05) is 59.5 Å². The Morgan fingerprint density at radius 3 is 2.53 bits per heavy atom. The number of fused-ring (bicyclic) bond motifs is 1. The molecule has 0 aliphatic carbocycles. The van der Waals surface area contributed by atoms with Crippen LogP contribution in [0.15, 0.2) is 78.9 Å². The highest BCUT2D eigenvalue weighted by Gasteiger charge is 2.26. The molecule has 0 unspecified atom stereocenters. The Morgan fingerprint density at radius 1 is 0.969 bits per heavy atom. The number of amides is 1. The average molecular weight is 444 g/mol. The van der Waals surface area contributed by atoms with Crippen molar-refractivity contribution in [3.63, 3.8) is 0 Å². The standard InChI is InChI=1S/C26H22ClN3O2/c1-32-23-8-4-7-19(15-23)24-16-25(30(28-24)22-11-9-21(27)10-12-22)26(31)29-14-13-18-5-2-3-6-20(18)17-29/h2-12,15-16H,13-14,17H2,1H3. The molecule has 5 nitrogen and oxygen atoms in total. The Labute approximate surface area is 191 Å². The first-order valence-corrected chi connectivity index (χ1v) is 10.9. The molecule has 2 heterocycles. The van der Waals surface area contributed by atoms with Crippen LogP contribution in [-0.4, -0.2) is 34.2 Å². The highest BCUT2D eigenvalue weighted by molar-refractivity contribution is 6.30. The third-order valence-corrected chi connectivity index (χ3v) is 6.04. The van der Waals surface area contributed by atoms with Crippen molar-refractivity contribution in [3.8, 4) is 22.7 Å². The summed E-state index contributed by atoms with van der Waals surface area (Å²) in [6.07, 6.45) is 0.847. The molecule has 1 aromatic heterocycles. The number of nitrogens with zero attached hydrogens (tertiary/aromatic N) is 3. The Bertz CT molecular complexity index is 1280. The molecule has 6 heteroatoms. The lowest BCUT2D eigenvalue weighted by Crippen LogP contribution is -2.37. The maximum absolute atomic E-state index is 13.7. The zero-order chi connectivity index (χ0) is 22.1. The molecule has 0 bridgehead atoms. The van der Waals surface area contributed by atoms with E-state index in [0.717, 1.165) is 23.4 Å². The second-order valence-corrected chi connectivity index (χ2v) is 8.22. The summed E-state index contributed by atoms with van der Waals surface area (Å²) < 4.78 is 7.07. The number of methoxy groups -OCH3 is 1. The van der Waals surface area contributed by atoms with Gasteiger partial charge >= 0.3 is 0 Å². The van der Waals surface area contributed by atoms with Gasteiger partial charge in [-0.2, -0.15) is 5.10 Å². The van der Waals surface area contributed by atoms with E-state index in [4.69, 9.17) is 21.4 Å². The van der Waals surface area contributed by atoms with Gasteiger partial charge in [0, 0.05) is 23.7 Å². The van der Waals surface area contributed by atoms with Crippen LogP contribution in [0.25, 0.3) is 16.9 Å². The van der Waals surface area contributed by atoms with Gasteiger partial charge < -0.3 is 9.64 Å². The minimum Gasteiger partial charge on any atom is -0.497 e. The van der Waals surface area contributed by atoms with Gasteiger partial charge in [-0.25, -0.2) is 4.68 Å². The third-order valence-electron chi connectivity index (χ3n) is 5.78. The van der Waals surface area contributed by atoms with Crippen molar-refractivity contribution in [2.75, 3.05) is 13.7 Å². The van der Waals surface area contributed by atoms with E-state index < -0.39 is 0 Å². The number of carbonyl (C=O) groups excluding carboxylic acids is 1. The zero-order valence-electron chi connectivity index (χ0n) is 17.7. The van der Waals surface area contributed by atoms with Gasteiger partial charge in [-0.15, -0.1) is 0 Å². The van der Waals surface area contributed by atoms with Crippen molar-refractivity contribution in [2.24, 2.45) is 0 Å². The summed E-state index contributed by atoms with van der Waals surface area (Å²) in [4.78, 5) is 15.5. The fourth-order valence-corrected chi connectivity index (χ4v) is 4.19. The normalized spacial score (nSPS) is 13.0. The van der Waals surface area contributed by atoms with Crippen molar-refractivity contribution < 1.29 is 9.53 Å². The number of halogens is 1. The number of hydrogen-bond donors (Lipinski definition) is 0. The summed E-state index contributed by atoms with van der Waals surface area (Å²) in [5, 5.41) is 5.42. The van der Waals surface area contributed by atoms with Crippen LogP contribution in [0.1, 0.15) is 21.6 Å². The van der Waals surface area contributed by atoms with Crippen molar-refractivity contribution in [1.82, 2.24) is 14.7 Å². The van der Waals surface area contributed by atoms with Crippen LogP contribution in [-0.2, 0) is 13.0 Å². The highest BCUT2D eigenvalue weighted by atomic mass is 35.5. The largest absolute Gasteiger partial charge is 0.497 e. The molecule has 0 fully saturated rings. The SMILES string of the molecule is COc1cccc(-c2cc(C(=O)N3CCc4ccccc4C3)n(-c3ccc(Cl)cc3)n2)c1. The summed E-state index contributed by atoms with van der Waals surface area (Å²) in [7, 11) is 1.63. The summed E-state index contributed by atoms with van der Waals surface area (Å²) >= 11 is 6.09. The van der Waals surface area contributed by atoms with Gasteiger partial charge in [0.25, 0.3) is 5.91 Å². The molecular formula is C26H22ClN3O2. The van der Waals surface area contributed by atoms with Crippen LogP contribution < -0.4 is 4.74 Å². The lowest BCUT2D eigenvalue weighted by atomic mass is 9.99. The van der Waals surface area contributed by atoms with Crippen LogP contribution in [0.4, 0.5) is 0 Å². The Morgan fingerprint density at radius 2 is 1.75 bits per heavy atom. The molecule has 3 aromatic carbocycles. The maximum atomic E-state index is 13.7. The molecule has 5 rings (SSSR count). The molecule has 0 radical (unpaired) electrons. The van der Waals surface area contributed by atoms with E-state index in [2.05, 4.69) is 12.1 Å². The molecule has 1 amide bonds. The Hall–Kier alpha value is -3.57. The first-order chi connectivity index (χ1) is 15.6. The number of ether oxygens (including phenoxy) is 1. The Kier molecular flexibility index (Phi) is 5.41. The lowest BCUT2D eigenvalue weighted by Gasteiger charge is -2.29. The quantitative estimate of drug-likeness (QED) is 0.424. The number of aromatic nitrogens is 2. The Balaban J connectivity index is 1.56. The molecule has 1 aliphatic rings. The van der Waals surface area contributed by atoms with Gasteiger partial charge in [0.1, 0.15) is 11.4 Å². The van der Waals surface area contributed by atoms with Crippen LogP contribution in [0.5, 0.6) is 5.75 Å². The van der Waals surface area contributed by atoms with Gasteiger partial charge in [0.05, 0.1) is 18.5 Å². The van der Waals surface area contributed by atoms with Crippen molar-refractivity contribution in [3.05, 3.63) is 101 Å². The lowest BCUT2D eigenvalue weighted by molar-refractivity contribution is 0.0725. The maximum Gasteiger partial charge on any atom is 0.272 e. The van der Waals surface area contributed by atoms with Gasteiger partial charge in [0.2, 0.25) is 0 Å². The van der Waals surface area contributed by atoms with E-state index in [-0.39, 0.29) is 5.91 Å². The molecule has 1 aliphatic heterocycles. The summed E-state index contributed by atoms with van der Waals surface area (Å²) in [6.45, 7) is 1.27. The second kappa shape index (κ2) is 8.52. The molecule has 4 aromatic rings. The first kappa shape index (κ1) is 20.3. The summed E-state index contributed by atoms with van der Waals surface area (Å²) in [5.74, 6) is 0.695. The van der Waals surface area contributed by atoms with E-state index in [0.29, 0.717) is 29.5 Å². The smallest absolute Gasteiger partial charge is 0.272 e. The molecule has 0 N–H and O–H groups in total. The van der Waals surface area contributed by atoms with Crippen molar-refractivity contribution in [2.45, 2.75) is 13.0 Å². The van der Waals surface area contributed by atoms with Gasteiger partial charge in [-0.1, -0.05) is 48.0 Å². The van der Waals surface area contributed by atoms with Crippen LogP contribution >= 0.6 is 11.6 Å². The predicted octanol–water partition coefficient (Wildman–Crippen LogP) is 5.40. The number of carbonyl (C=O) groups is 1. The van der Waals surface area contributed by atoms with Crippen LogP contribution in [0.2, 0.25) is 5.02 Å². The highest BCUT2D eigenvalue weighted by Crippen LogP contribution is 2.27. The first-order valence-electron chi connectivity index (χ1n) is 10.5. The summed E-state index contributed by atoms with van der Waals surface area (Å²) in [6, 6.07) is 25.2. The molecular weight excluding hydrogens is 422 g/mol. The number of benzene rings is 3. The van der Waals surface area contributed by atoms with Gasteiger partial charge in [-0.05, 0) is 60.0 Å². The van der Waals surface area contributed by atoms with Crippen LogP contribution in [0.3, 0.4) is 0 Å². The van der Waals surface area contributed by atoms with E-state index in [9.17, 15) is 4.79 Å². The third kappa shape index (κ3) is 3.87. The summed E-state index contributed by atoms with van der Waals surface area (Å²) in [5.41, 5.74) is 5.39. The van der Waals surface area contributed by atoms with Crippen molar-refractivity contribution in [1.29, 1.82) is 0 Å². The monoisotopic (exact) mass is 443 g/mol. The zero-order valence-corrected chi connectivity index (χ0v) is 18.4. The molecule has 32 heavy (non-hydrogen) atoms. The fraction of sp³-hybridized carbons (Fsp3) is 0.154. The number of hydrogen-bond acceptors (Lipinski definition) is 3. The topological polar surface area (TPSA) is 47.4 Å². The molecule has 0 spiro atoms. The van der Waals surface area contributed by atoms with Gasteiger partial charge in [-0.3, -0.25) is 4.79 Å². The van der Waals surface area contributed by atoms with E-state index in [1.165, 1.54) is 11.1 Å². The minimum absolute atomic E-state index is 0.0453.